The Labute approximate surface area is 130 Å². The van der Waals surface area contributed by atoms with Gasteiger partial charge in [-0.3, -0.25) is 9.63 Å². The van der Waals surface area contributed by atoms with E-state index in [1.54, 1.807) is 20.8 Å². The largest absolute Gasteiger partial charge is 0.444 e. The first kappa shape index (κ1) is 17.9. The average Bonchev–Trinajstić information content (AvgIpc) is 2.41. The summed E-state index contributed by atoms with van der Waals surface area (Å²) in [5.74, 6) is -0.679. The Balaban J connectivity index is 2.35. The number of carbonyl (C=O) groups excluding carboxylic acids is 2. The molecule has 1 atom stereocenters. The number of benzene rings is 1. The second kappa shape index (κ2) is 8.35. The molecule has 0 aromatic heterocycles. The number of amides is 2. The van der Waals surface area contributed by atoms with E-state index in [9.17, 15) is 9.59 Å². The third kappa shape index (κ3) is 7.61. The van der Waals surface area contributed by atoms with Gasteiger partial charge in [-0.15, -0.1) is 0 Å². The number of primary amides is 1. The van der Waals surface area contributed by atoms with Crippen LogP contribution in [-0.4, -0.2) is 30.2 Å². The first-order valence-electron chi connectivity index (χ1n) is 6.95. The van der Waals surface area contributed by atoms with E-state index in [0.29, 0.717) is 6.61 Å². The van der Waals surface area contributed by atoms with Gasteiger partial charge in [0.05, 0.1) is 13.2 Å². The van der Waals surface area contributed by atoms with Gasteiger partial charge in [-0.1, -0.05) is 30.3 Å². The van der Waals surface area contributed by atoms with Crippen molar-refractivity contribution in [2.45, 2.75) is 39.0 Å². The van der Waals surface area contributed by atoms with Crippen LogP contribution in [0, 0.1) is 0 Å². The van der Waals surface area contributed by atoms with Crippen molar-refractivity contribution in [3.8, 4) is 0 Å². The number of hydroxylamine groups is 1. The molecule has 7 nitrogen and oxygen atoms in total. The molecule has 7 heteroatoms. The van der Waals surface area contributed by atoms with Gasteiger partial charge in [-0.25, -0.2) is 4.79 Å². The summed E-state index contributed by atoms with van der Waals surface area (Å²) in [4.78, 5) is 28.2. The molecule has 22 heavy (non-hydrogen) atoms. The van der Waals surface area contributed by atoms with Crippen LogP contribution in [0.15, 0.2) is 30.3 Å². The van der Waals surface area contributed by atoms with Gasteiger partial charge < -0.3 is 15.8 Å². The van der Waals surface area contributed by atoms with Gasteiger partial charge in [0.15, 0.2) is 0 Å². The maximum Gasteiger partial charge on any atom is 0.408 e. The van der Waals surface area contributed by atoms with E-state index in [0.717, 1.165) is 5.56 Å². The summed E-state index contributed by atoms with van der Waals surface area (Å²) in [6.45, 7) is 5.56. The van der Waals surface area contributed by atoms with Crippen LogP contribution in [0.1, 0.15) is 26.3 Å². The lowest BCUT2D eigenvalue weighted by atomic mass is 10.2. The fourth-order valence-corrected chi connectivity index (χ4v) is 1.52. The Morgan fingerprint density at radius 3 is 2.41 bits per heavy atom. The van der Waals surface area contributed by atoms with Crippen molar-refractivity contribution in [2.24, 2.45) is 5.73 Å². The normalized spacial score (nSPS) is 12.5. The van der Waals surface area contributed by atoms with Gasteiger partial charge in [-0.2, -0.15) is 5.48 Å². The molecule has 2 amide bonds. The molecule has 1 rings (SSSR count). The summed E-state index contributed by atoms with van der Waals surface area (Å²) in [7, 11) is 0. The van der Waals surface area contributed by atoms with Gasteiger partial charge in [0, 0.05) is 0 Å². The maximum atomic E-state index is 11.6. The number of nitrogens with one attached hydrogen (secondary N) is 2. The van der Waals surface area contributed by atoms with Crippen molar-refractivity contribution in [1.82, 2.24) is 10.8 Å². The van der Waals surface area contributed by atoms with E-state index in [1.807, 2.05) is 30.3 Å². The summed E-state index contributed by atoms with van der Waals surface area (Å²) in [5.41, 5.74) is 8.18. The molecule has 0 aliphatic carbocycles. The summed E-state index contributed by atoms with van der Waals surface area (Å²) in [6, 6.07) is 8.60. The molecule has 0 aliphatic rings. The number of ether oxygens (including phenoxy) is 1. The molecule has 0 radical (unpaired) electrons. The number of alkyl carbamates (subject to hydrolysis) is 1. The fraction of sp³-hybridized carbons (Fsp3) is 0.467. The quantitative estimate of drug-likeness (QED) is 0.517. The summed E-state index contributed by atoms with van der Waals surface area (Å²) >= 11 is 0. The van der Waals surface area contributed by atoms with Crippen LogP contribution in [0.5, 0.6) is 0 Å². The Hall–Kier alpha value is -2.12. The topological polar surface area (TPSA) is 103 Å². The van der Waals surface area contributed by atoms with Crippen LogP contribution >= 0.6 is 0 Å². The van der Waals surface area contributed by atoms with Gasteiger partial charge in [0.25, 0.3) is 0 Å². The van der Waals surface area contributed by atoms with E-state index in [1.165, 1.54) is 0 Å². The van der Waals surface area contributed by atoms with E-state index >= 15 is 0 Å². The highest BCUT2D eigenvalue weighted by Crippen LogP contribution is 2.06. The molecule has 0 bridgehead atoms. The van der Waals surface area contributed by atoms with E-state index in [-0.39, 0.29) is 6.54 Å². The molecule has 4 N–H and O–H groups in total. The minimum absolute atomic E-state index is 0.0431. The molecule has 0 saturated heterocycles. The van der Waals surface area contributed by atoms with Crippen molar-refractivity contribution in [2.75, 3.05) is 6.54 Å². The van der Waals surface area contributed by atoms with Crippen LogP contribution in [-0.2, 0) is 21.0 Å². The molecule has 0 fully saturated rings. The monoisotopic (exact) mass is 309 g/mol. The van der Waals surface area contributed by atoms with Crippen molar-refractivity contribution in [1.29, 1.82) is 0 Å². The first-order valence-corrected chi connectivity index (χ1v) is 6.95. The molecule has 0 heterocycles. The number of carbonyl (C=O) groups is 2. The highest BCUT2D eigenvalue weighted by molar-refractivity contribution is 5.84. The average molecular weight is 309 g/mol. The zero-order chi connectivity index (χ0) is 16.6. The third-order valence-corrected chi connectivity index (χ3v) is 2.51. The van der Waals surface area contributed by atoms with Crippen molar-refractivity contribution in [3.05, 3.63) is 35.9 Å². The van der Waals surface area contributed by atoms with Crippen LogP contribution < -0.4 is 16.5 Å². The van der Waals surface area contributed by atoms with Gasteiger partial charge >= 0.3 is 6.09 Å². The van der Waals surface area contributed by atoms with Crippen LogP contribution in [0.2, 0.25) is 0 Å². The number of hydrogen-bond donors (Lipinski definition) is 3. The Kier molecular flexibility index (Phi) is 6.81. The zero-order valence-electron chi connectivity index (χ0n) is 13.1. The van der Waals surface area contributed by atoms with Crippen molar-refractivity contribution in [3.63, 3.8) is 0 Å². The lowest BCUT2D eigenvalue weighted by Crippen LogP contribution is -2.51. The first-order chi connectivity index (χ1) is 10.3. The van der Waals surface area contributed by atoms with E-state index < -0.39 is 23.6 Å². The second-order valence-electron chi connectivity index (χ2n) is 5.72. The second-order valence-corrected chi connectivity index (χ2v) is 5.72. The minimum atomic E-state index is -0.925. The predicted molar refractivity (Wildman–Crippen MR) is 81.6 cm³/mol. The summed E-state index contributed by atoms with van der Waals surface area (Å²) in [5, 5.41) is 2.39. The zero-order valence-corrected chi connectivity index (χ0v) is 13.1. The molecule has 0 aliphatic heterocycles. The third-order valence-electron chi connectivity index (χ3n) is 2.51. The SMILES string of the molecule is CC(C)(C)OC(=O)N[C@H](CNOCc1ccccc1)C(N)=O. The Morgan fingerprint density at radius 1 is 1.23 bits per heavy atom. The molecule has 0 unspecified atom stereocenters. The van der Waals surface area contributed by atoms with Crippen LogP contribution in [0.3, 0.4) is 0 Å². The van der Waals surface area contributed by atoms with Gasteiger partial charge in [0.1, 0.15) is 11.6 Å². The molecule has 1 aromatic rings. The summed E-state index contributed by atoms with van der Waals surface area (Å²) < 4.78 is 5.07. The number of hydrogen-bond acceptors (Lipinski definition) is 5. The van der Waals surface area contributed by atoms with Crippen molar-refractivity contribution < 1.29 is 19.2 Å². The lowest BCUT2D eigenvalue weighted by molar-refractivity contribution is -0.120. The smallest absolute Gasteiger partial charge is 0.408 e. The minimum Gasteiger partial charge on any atom is -0.444 e. The number of nitrogens with two attached hydrogens (primary N) is 1. The molecule has 122 valence electrons. The molecular weight excluding hydrogens is 286 g/mol. The lowest BCUT2D eigenvalue weighted by Gasteiger charge is -2.22. The fourth-order valence-electron chi connectivity index (χ4n) is 1.52. The molecule has 0 saturated carbocycles. The number of rotatable bonds is 7. The van der Waals surface area contributed by atoms with E-state index in [4.69, 9.17) is 15.3 Å². The van der Waals surface area contributed by atoms with Crippen LogP contribution in [0.4, 0.5) is 4.79 Å². The van der Waals surface area contributed by atoms with Gasteiger partial charge in [-0.05, 0) is 26.3 Å². The maximum absolute atomic E-state index is 11.6. The molecule has 0 spiro atoms. The highest BCUT2D eigenvalue weighted by Gasteiger charge is 2.22. The van der Waals surface area contributed by atoms with Gasteiger partial charge in [0.2, 0.25) is 5.91 Å². The van der Waals surface area contributed by atoms with Crippen molar-refractivity contribution >= 4 is 12.0 Å². The Morgan fingerprint density at radius 2 is 1.86 bits per heavy atom. The van der Waals surface area contributed by atoms with E-state index in [2.05, 4.69) is 10.8 Å². The Bertz CT molecular complexity index is 485. The molecule has 1 aromatic carbocycles. The highest BCUT2D eigenvalue weighted by atomic mass is 16.6. The molecular formula is C15H23N3O4. The van der Waals surface area contributed by atoms with Crippen LogP contribution in [0.25, 0.3) is 0 Å². The summed E-state index contributed by atoms with van der Waals surface area (Å²) in [6.07, 6.45) is -0.707. The standard InChI is InChI=1S/C15H23N3O4/c1-15(2,3)22-14(20)18-12(13(16)19)9-17-21-10-11-7-5-4-6-8-11/h4-8,12,17H,9-10H2,1-3H3,(H2,16,19)(H,18,20)/t12-/m1/s1. The predicted octanol–water partition coefficient (Wildman–Crippen LogP) is 1.09.